The van der Waals surface area contributed by atoms with Crippen molar-refractivity contribution in [1.29, 1.82) is 0 Å². The maximum atomic E-state index is 11.5. The standard InChI is InChI=1S/C10H20N2O3/c1-4-11-10(15)12(8(2)3)7-5-6-9(13)14/h8H,4-7H2,1-3H3,(H,11,15)(H,13,14). The fourth-order valence-corrected chi connectivity index (χ4v) is 1.25. The predicted octanol–water partition coefficient (Wildman–Crippen LogP) is 1.29. The summed E-state index contributed by atoms with van der Waals surface area (Å²) >= 11 is 0. The molecule has 5 heteroatoms. The Labute approximate surface area is 90.5 Å². The Bertz CT molecular complexity index is 217. The highest BCUT2D eigenvalue weighted by atomic mass is 16.4. The highest BCUT2D eigenvalue weighted by Gasteiger charge is 2.15. The first kappa shape index (κ1) is 13.7. The Morgan fingerprint density at radius 3 is 2.40 bits per heavy atom. The van der Waals surface area contributed by atoms with Gasteiger partial charge in [-0.25, -0.2) is 4.79 Å². The van der Waals surface area contributed by atoms with Crippen LogP contribution in [0, 0.1) is 0 Å². The largest absolute Gasteiger partial charge is 0.481 e. The second-order valence-corrected chi connectivity index (χ2v) is 3.62. The predicted molar refractivity (Wildman–Crippen MR) is 57.8 cm³/mol. The van der Waals surface area contributed by atoms with Crippen LogP contribution in [-0.2, 0) is 4.79 Å². The highest BCUT2D eigenvalue weighted by Crippen LogP contribution is 2.02. The molecule has 0 heterocycles. The van der Waals surface area contributed by atoms with Crippen molar-refractivity contribution in [1.82, 2.24) is 10.2 Å². The van der Waals surface area contributed by atoms with Gasteiger partial charge in [0.2, 0.25) is 0 Å². The molecule has 0 spiro atoms. The minimum atomic E-state index is -0.824. The van der Waals surface area contributed by atoms with Crippen molar-refractivity contribution in [2.24, 2.45) is 0 Å². The van der Waals surface area contributed by atoms with Gasteiger partial charge < -0.3 is 15.3 Å². The van der Waals surface area contributed by atoms with Gasteiger partial charge in [0.05, 0.1) is 0 Å². The Kier molecular flexibility index (Phi) is 6.49. The molecule has 0 fully saturated rings. The molecule has 0 aliphatic rings. The van der Waals surface area contributed by atoms with Crippen molar-refractivity contribution >= 4 is 12.0 Å². The molecule has 88 valence electrons. The molecule has 15 heavy (non-hydrogen) atoms. The van der Waals surface area contributed by atoms with Crippen molar-refractivity contribution in [2.45, 2.75) is 39.7 Å². The number of aliphatic carboxylic acids is 1. The molecule has 0 aromatic rings. The number of amides is 2. The SMILES string of the molecule is CCNC(=O)N(CCCC(=O)O)C(C)C. The van der Waals surface area contributed by atoms with Crippen LogP contribution < -0.4 is 5.32 Å². The molecular formula is C10H20N2O3. The normalized spacial score (nSPS) is 10.1. The maximum Gasteiger partial charge on any atom is 0.317 e. The molecule has 0 rings (SSSR count). The zero-order valence-electron chi connectivity index (χ0n) is 9.62. The summed E-state index contributed by atoms with van der Waals surface area (Å²) in [7, 11) is 0. The molecule has 0 bridgehead atoms. The van der Waals surface area contributed by atoms with Gasteiger partial charge in [0, 0.05) is 25.6 Å². The Hall–Kier alpha value is -1.26. The number of carboxylic acids is 1. The van der Waals surface area contributed by atoms with Gasteiger partial charge in [-0.05, 0) is 27.2 Å². The topological polar surface area (TPSA) is 69.6 Å². The first-order chi connectivity index (χ1) is 6.99. The third kappa shape index (κ3) is 5.93. The molecule has 2 amide bonds. The molecule has 0 radical (unpaired) electrons. The Morgan fingerprint density at radius 2 is 2.00 bits per heavy atom. The minimum absolute atomic E-state index is 0.0883. The van der Waals surface area contributed by atoms with Crippen LogP contribution in [0.25, 0.3) is 0 Å². The van der Waals surface area contributed by atoms with E-state index in [-0.39, 0.29) is 18.5 Å². The number of carbonyl (C=O) groups excluding carboxylic acids is 1. The quantitative estimate of drug-likeness (QED) is 0.703. The monoisotopic (exact) mass is 216 g/mol. The first-order valence-electron chi connectivity index (χ1n) is 5.25. The maximum absolute atomic E-state index is 11.5. The molecule has 0 atom stereocenters. The second-order valence-electron chi connectivity index (χ2n) is 3.62. The van der Waals surface area contributed by atoms with Gasteiger partial charge in [0.15, 0.2) is 0 Å². The van der Waals surface area contributed by atoms with E-state index in [4.69, 9.17) is 5.11 Å². The lowest BCUT2D eigenvalue weighted by Crippen LogP contribution is -2.44. The fraction of sp³-hybridized carbons (Fsp3) is 0.800. The summed E-state index contributed by atoms with van der Waals surface area (Å²) in [6, 6.07) is -0.0387. The zero-order valence-corrected chi connectivity index (χ0v) is 9.62. The lowest BCUT2D eigenvalue weighted by atomic mass is 10.2. The van der Waals surface area contributed by atoms with E-state index in [1.807, 2.05) is 20.8 Å². The van der Waals surface area contributed by atoms with E-state index in [0.717, 1.165) is 0 Å². The van der Waals surface area contributed by atoms with E-state index in [2.05, 4.69) is 5.32 Å². The van der Waals surface area contributed by atoms with Crippen LogP contribution in [0.15, 0.2) is 0 Å². The van der Waals surface area contributed by atoms with Crippen LogP contribution in [0.4, 0.5) is 4.79 Å². The van der Waals surface area contributed by atoms with Gasteiger partial charge in [0.25, 0.3) is 0 Å². The summed E-state index contributed by atoms with van der Waals surface area (Å²) in [4.78, 5) is 23.5. The van der Waals surface area contributed by atoms with Crippen LogP contribution >= 0.6 is 0 Å². The lowest BCUT2D eigenvalue weighted by Gasteiger charge is -2.26. The van der Waals surface area contributed by atoms with Crippen LogP contribution in [0.5, 0.6) is 0 Å². The zero-order chi connectivity index (χ0) is 11.8. The third-order valence-electron chi connectivity index (χ3n) is 2.00. The van der Waals surface area contributed by atoms with Gasteiger partial charge >= 0.3 is 12.0 Å². The van der Waals surface area contributed by atoms with Crippen LogP contribution in [0.1, 0.15) is 33.6 Å². The molecule has 0 saturated carbocycles. The van der Waals surface area contributed by atoms with Crippen molar-refractivity contribution in [2.75, 3.05) is 13.1 Å². The van der Waals surface area contributed by atoms with Crippen LogP contribution in [0.3, 0.4) is 0 Å². The van der Waals surface area contributed by atoms with E-state index >= 15 is 0 Å². The summed E-state index contributed by atoms with van der Waals surface area (Å²) in [5.41, 5.74) is 0. The lowest BCUT2D eigenvalue weighted by molar-refractivity contribution is -0.137. The smallest absolute Gasteiger partial charge is 0.317 e. The molecule has 0 aromatic carbocycles. The number of carbonyl (C=O) groups is 2. The van der Waals surface area contributed by atoms with Crippen molar-refractivity contribution < 1.29 is 14.7 Å². The number of hydrogen-bond acceptors (Lipinski definition) is 2. The summed E-state index contributed by atoms with van der Waals surface area (Å²) < 4.78 is 0. The third-order valence-corrected chi connectivity index (χ3v) is 2.00. The molecule has 0 aliphatic carbocycles. The van der Waals surface area contributed by atoms with Gasteiger partial charge in [-0.3, -0.25) is 4.79 Å². The van der Waals surface area contributed by atoms with Crippen molar-refractivity contribution in [3.63, 3.8) is 0 Å². The van der Waals surface area contributed by atoms with Gasteiger partial charge in [0.1, 0.15) is 0 Å². The second kappa shape index (κ2) is 7.09. The number of urea groups is 1. The number of nitrogens with one attached hydrogen (secondary N) is 1. The van der Waals surface area contributed by atoms with E-state index in [1.54, 1.807) is 4.90 Å². The molecule has 0 unspecified atom stereocenters. The van der Waals surface area contributed by atoms with Crippen LogP contribution in [-0.4, -0.2) is 41.1 Å². The van der Waals surface area contributed by atoms with E-state index in [9.17, 15) is 9.59 Å². The van der Waals surface area contributed by atoms with Gasteiger partial charge in [-0.15, -0.1) is 0 Å². The van der Waals surface area contributed by atoms with Gasteiger partial charge in [-0.1, -0.05) is 0 Å². The van der Waals surface area contributed by atoms with Crippen LogP contribution in [0.2, 0.25) is 0 Å². The average molecular weight is 216 g/mol. The Morgan fingerprint density at radius 1 is 1.40 bits per heavy atom. The fourth-order valence-electron chi connectivity index (χ4n) is 1.25. The van der Waals surface area contributed by atoms with Crippen molar-refractivity contribution in [3.8, 4) is 0 Å². The summed E-state index contributed by atoms with van der Waals surface area (Å²) in [6.45, 7) is 6.75. The minimum Gasteiger partial charge on any atom is -0.481 e. The molecule has 2 N–H and O–H groups in total. The van der Waals surface area contributed by atoms with Crippen molar-refractivity contribution in [3.05, 3.63) is 0 Å². The Balaban J connectivity index is 4.04. The van der Waals surface area contributed by atoms with E-state index in [1.165, 1.54) is 0 Å². The number of carboxylic acid groups (broad SMARTS) is 1. The first-order valence-corrected chi connectivity index (χ1v) is 5.25. The van der Waals surface area contributed by atoms with E-state index in [0.29, 0.717) is 19.5 Å². The molecular weight excluding hydrogens is 196 g/mol. The molecule has 0 saturated heterocycles. The number of hydrogen-bond donors (Lipinski definition) is 2. The molecule has 0 aromatic heterocycles. The molecule has 0 aliphatic heterocycles. The number of rotatable bonds is 6. The van der Waals surface area contributed by atoms with Gasteiger partial charge in [-0.2, -0.15) is 0 Å². The van der Waals surface area contributed by atoms with E-state index < -0.39 is 5.97 Å². The average Bonchev–Trinajstić information content (AvgIpc) is 2.11. The highest BCUT2D eigenvalue weighted by molar-refractivity contribution is 5.74. The summed E-state index contributed by atoms with van der Waals surface area (Å²) in [6.07, 6.45) is 0.591. The molecule has 5 nitrogen and oxygen atoms in total. The summed E-state index contributed by atoms with van der Waals surface area (Å²) in [5.74, 6) is -0.824. The summed E-state index contributed by atoms with van der Waals surface area (Å²) in [5, 5.41) is 11.2. The number of nitrogens with zero attached hydrogens (tertiary/aromatic N) is 1.